The van der Waals surface area contributed by atoms with Crippen molar-refractivity contribution in [3.05, 3.63) is 70.7 Å². The molecule has 3 aromatic carbocycles. The average Bonchev–Trinajstić information content (AvgIpc) is 3.15. The summed E-state index contributed by atoms with van der Waals surface area (Å²) in [6.07, 6.45) is -1.02. The molecule has 1 aliphatic rings. The van der Waals surface area contributed by atoms with E-state index in [0.29, 0.717) is 16.1 Å². The van der Waals surface area contributed by atoms with Gasteiger partial charge in [0.1, 0.15) is 0 Å². The lowest BCUT2D eigenvalue weighted by Gasteiger charge is -2.12. The highest BCUT2D eigenvalue weighted by atomic mass is 35.5. The van der Waals surface area contributed by atoms with E-state index >= 15 is 0 Å². The molecule has 4 nitrogen and oxygen atoms in total. The van der Waals surface area contributed by atoms with Gasteiger partial charge in [0.15, 0.2) is 6.23 Å². The van der Waals surface area contributed by atoms with Crippen LogP contribution in [0.4, 0.5) is 0 Å². The molecular weight excluding hydrogens is 360 g/mol. The largest absolute Gasteiger partial charge is 0.369 e. The van der Waals surface area contributed by atoms with E-state index in [9.17, 15) is 9.90 Å². The Morgan fingerprint density at radius 2 is 1.85 bits per heavy atom. The molecule has 2 heterocycles. The maximum absolute atomic E-state index is 12.7. The van der Waals surface area contributed by atoms with Gasteiger partial charge in [0.2, 0.25) is 0 Å². The minimum atomic E-state index is -1.02. The van der Waals surface area contributed by atoms with Gasteiger partial charge in [-0.3, -0.25) is 4.79 Å². The van der Waals surface area contributed by atoms with Crippen LogP contribution in [0.3, 0.4) is 0 Å². The zero-order valence-electron chi connectivity index (χ0n) is 14.7. The lowest BCUT2D eigenvalue weighted by atomic mass is 9.92. The van der Waals surface area contributed by atoms with Crippen LogP contribution in [-0.4, -0.2) is 15.6 Å². The number of halogens is 1. The number of hydrogen-bond acceptors (Lipinski definition) is 2. The van der Waals surface area contributed by atoms with Gasteiger partial charge in [-0.1, -0.05) is 41.9 Å². The number of aliphatic hydroxyl groups is 1. The lowest BCUT2D eigenvalue weighted by molar-refractivity contribution is 0.0852. The Hall–Kier alpha value is -2.82. The molecule has 0 saturated heterocycles. The zero-order chi connectivity index (χ0) is 18.7. The van der Waals surface area contributed by atoms with Gasteiger partial charge in [-0.2, -0.15) is 0 Å². The Balaban J connectivity index is 1.98. The van der Waals surface area contributed by atoms with Gasteiger partial charge in [0.25, 0.3) is 5.91 Å². The van der Waals surface area contributed by atoms with Crippen molar-refractivity contribution in [1.82, 2.24) is 9.88 Å². The number of rotatable bonds is 2. The molecule has 1 aliphatic heterocycles. The van der Waals surface area contributed by atoms with E-state index in [0.717, 1.165) is 39.5 Å². The number of aromatic nitrogens is 1. The Bertz CT molecular complexity index is 1230. The highest BCUT2D eigenvalue weighted by Crippen LogP contribution is 2.43. The molecule has 0 saturated carbocycles. The second-order valence-corrected chi connectivity index (χ2v) is 7.19. The van der Waals surface area contributed by atoms with E-state index in [2.05, 4.69) is 28.9 Å². The molecule has 5 rings (SSSR count). The number of benzene rings is 3. The maximum atomic E-state index is 12.7. The third kappa shape index (κ3) is 2.24. The number of para-hydroxylation sites is 1. The van der Waals surface area contributed by atoms with Gasteiger partial charge >= 0.3 is 0 Å². The molecule has 0 aliphatic carbocycles. The molecule has 5 heteroatoms. The number of fused-ring (bicyclic) bond motifs is 5. The van der Waals surface area contributed by atoms with Crippen LogP contribution in [0.5, 0.6) is 0 Å². The lowest BCUT2D eigenvalue weighted by Crippen LogP contribution is -2.18. The Morgan fingerprint density at radius 1 is 1.11 bits per heavy atom. The molecular formula is C22H17ClN2O2. The molecule has 4 aromatic rings. The number of nitrogens with zero attached hydrogens (tertiary/aromatic N) is 1. The van der Waals surface area contributed by atoms with Gasteiger partial charge < -0.3 is 15.0 Å². The topological polar surface area (TPSA) is 54.3 Å². The fourth-order valence-corrected chi connectivity index (χ4v) is 4.35. The first-order valence-electron chi connectivity index (χ1n) is 8.93. The predicted octanol–water partition coefficient (Wildman–Crippen LogP) is 4.87. The van der Waals surface area contributed by atoms with Crippen molar-refractivity contribution in [1.29, 1.82) is 0 Å². The second kappa shape index (κ2) is 5.84. The van der Waals surface area contributed by atoms with E-state index in [-0.39, 0.29) is 5.91 Å². The van der Waals surface area contributed by atoms with E-state index in [1.165, 1.54) is 0 Å². The molecule has 1 amide bonds. The molecule has 1 unspecified atom stereocenters. The number of hydrogen-bond donors (Lipinski definition) is 2. The molecule has 1 aromatic heterocycles. The molecule has 134 valence electrons. The third-order valence-corrected chi connectivity index (χ3v) is 5.59. The fraction of sp³-hybridized carbons (Fsp3) is 0.136. The van der Waals surface area contributed by atoms with Crippen LogP contribution in [0.1, 0.15) is 29.1 Å². The standard InChI is InChI=1S/C22H17ClN2O2/c1-2-25-16-6-4-3-5-14(16)18-17(25)11-15(12-7-9-13(23)10-8-12)19-20(18)22(27)24-21(19)26/h3-11,22,27H,2H2,1H3,(H,24,26). The number of nitrogens with one attached hydrogen (secondary N) is 1. The van der Waals surface area contributed by atoms with Gasteiger partial charge in [-0.25, -0.2) is 0 Å². The molecule has 0 radical (unpaired) electrons. The van der Waals surface area contributed by atoms with Gasteiger partial charge in [-0.15, -0.1) is 0 Å². The summed E-state index contributed by atoms with van der Waals surface area (Å²) in [5, 5.41) is 15.9. The van der Waals surface area contributed by atoms with Crippen LogP contribution < -0.4 is 5.32 Å². The van der Waals surface area contributed by atoms with E-state index in [4.69, 9.17) is 11.6 Å². The van der Waals surface area contributed by atoms with Crippen LogP contribution in [0.2, 0.25) is 5.02 Å². The first kappa shape index (κ1) is 16.4. The molecule has 2 N–H and O–H groups in total. The summed E-state index contributed by atoms with van der Waals surface area (Å²) in [4.78, 5) is 12.7. The number of aryl methyl sites for hydroxylation is 1. The van der Waals surface area contributed by atoms with Crippen molar-refractivity contribution >= 4 is 39.3 Å². The van der Waals surface area contributed by atoms with Crippen LogP contribution in [-0.2, 0) is 6.54 Å². The van der Waals surface area contributed by atoms with E-state index in [1.807, 2.05) is 42.5 Å². The van der Waals surface area contributed by atoms with Crippen LogP contribution in [0, 0.1) is 0 Å². The Morgan fingerprint density at radius 3 is 2.59 bits per heavy atom. The van der Waals surface area contributed by atoms with Crippen molar-refractivity contribution in [3.8, 4) is 11.1 Å². The molecule has 0 fully saturated rings. The summed E-state index contributed by atoms with van der Waals surface area (Å²) in [5.74, 6) is -0.252. The van der Waals surface area contributed by atoms with Gasteiger partial charge in [-0.05, 0) is 42.3 Å². The molecule has 27 heavy (non-hydrogen) atoms. The Kier molecular flexibility index (Phi) is 3.54. The highest BCUT2D eigenvalue weighted by molar-refractivity contribution is 6.30. The van der Waals surface area contributed by atoms with Crippen LogP contribution in [0.15, 0.2) is 54.6 Å². The molecule has 0 spiro atoms. The van der Waals surface area contributed by atoms with Crippen molar-refractivity contribution < 1.29 is 9.90 Å². The number of carbonyl (C=O) groups excluding carboxylic acids is 1. The van der Waals surface area contributed by atoms with E-state index < -0.39 is 6.23 Å². The second-order valence-electron chi connectivity index (χ2n) is 6.75. The van der Waals surface area contributed by atoms with Gasteiger partial charge in [0.05, 0.1) is 11.1 Å². The predicted molar refractivity (Wildman–Crippen MR) is 108 cm³/mol. The summed E-state index contributed by atoms with van der Waals surface area (Å²) < 4.78 is 2.22. The van der Waals surface area contributed by atoms with Crippen molar-refractivity contribution in [2.45, 2.75) is 19.7 Å². The third-order valence-electron chi connectivity index (χ3n) is 5.34. The minimum Gasteiger partial charge on any atom is -0.369 e. The summed E-state index contributed by atoms with van der Waals surface area (Å²) in [7, 11) is 0. The fourth-order valence-electron chi connectivity index (χ4n) is 4.22. The van der Waals surface area contributed by atoms with Gasteiger partial charge in [0, 0.05) is 33.4 Å². The number of amides is 1. The summed E-state index contributed by atoms with van der Waals surface area (Å²) in [6.45, 7) is 2.89. The van der Waals surface area contributed by atoms with Crippen molar-refractivity contribution in [2.75, 3.05) is 0 Å². The SMILES string of the molecule is CCn1c2ccccc2c2c3c(c(-c4ccc(Cl)cc4)cc21)C(=O)NC3O. The minimum absolute atomic E-state index is 0.252. The molecule has 0 bridgehead atoms. The van der Waals surface area contributed by atoms with Crippen LogP contribution in [0.25, 0.3) is 32.9 Å². The first-order valence-corrected chi connectivity index (χ1v) is 9.30. The highest BCUT2D eigenvalue weighted by Gasteiger charge is 2.34. The number of carbonyl (C=O) groups is 1. The Labute approximate surface area is 161 Å². The number of aliphatic hydroxyl groups excluding tert-OH is 1. The smallest absolute Gasteiger partial charge is 0.254 e. The zero-order valence-corrected chi connectivity index (χ0v) is 15.4. The van der Waals surface area contributed by atoms with Crippen molar-refractivity contribution in [3.63, 3.8) is 0 Å². The average molecular weight is 377 g/mol. The summed E-state index contributed by atoms with van der Waals surface area (Å²) >= 11 is 6.04. The monoisotopic (exact) mass is 376 g/mol. The maximum Gasteiger partial charge on any atom is 0.254 e. The quantitative estimate of drug-likeness (QED) is 0.524. The molecule has 1 atom stereocenters. The first-order chi connectivity index (χ1) is 13.1. The summed E-state index contributed by atoms with van der Waals surface area (Å²) in [6, 6.07) is 17.6. The van der Waals surface area contributed by atoms with E-state index in [1.54, 1.807) is 0 Å². The normalized spacial score (nSPS) is 16.1. The van der Waals surface area contributed by atoms with Crippen LogP contribution >= 0.6 is 11.6 Å². The van der Waals surface area contributed by atoms with Crippen molar-refractivity contribution in [2.24, 2.45) is 0 Å². The summed E-state index contributed by atoms with van der Waals surface area (Å²) in [5.41, 5.74) is 5.01.